The number of carboxylic acid groups (broad SMARTS) is 1. The molecular formula is C7H14O3. The fraction of sp³-hybridized carbons (Fsp3) is 0.857. The summed E-state index contributed by atoms with van der Waals surface area (Å²) in [6.45, 7) is 3.62. The quantitative estimate of drug-likeness (QED) is 0.614. The first-order valence-electron chi connectivity index (χ1n) is 3.41. The van der Waals surface area contributed by atoms with E-state index in [0.29, 0.717) is 12.3 Å². The molecule has 0 aromatic carbocycles. The number of hydrogen-bond acceptors (Lipinski definition) is 2. The molecule has 0 saturated heterocycles. The molecule has 60 valence electrons. The van der Waals surface area contributed by atoms with E-state index >= 15 is 0 Å². The van der Waals surface area contributed by atoms with Gasteiger partial charge in [-0.05, 0) is 12.3 Å². The van der Waals surface area contributed by atoms with Gasteiger partial charge < -0.3 is 10.2 Å². The molecule has 0 unspecified atom stereocenters. The van der Waals surface area contributed by atoms with Gasteiger partial charge in [-0.1, -0.05) is 13.8 Å². The van der Waals surface area contributed by atoms with E-state index in [0.717, 1.165) is 0 Å². The first-order chi connectivity index (χ1) is 4.57. The van der Waals surface area contributed by atoms with Crippen LogP contribution in [0.4, 0.5) is 0 Å². The SMILES string of the molecule is CC(C)C[C@@H](CO)C(=O)O. The van der Waals surface area contributed by atoms with Gasteiger partial charge in [-0.2, -0.15) is 0 Å². The highest BCUT2D eigenvalue weighted by molar-refractivity contribution is 5.70. The van der Waals surface area contributed by atoms with Crippen LogP contribution in [0.25, 0.3) is 0 Å². The van der Waals surface area contributed by atoms with E-state index in [9.17, 15) is 4.79 Å². The van der Waals surface area contributed by atoms with Crippen LogP contribution in [0.1, 0.15) is 20.3 Å². The first-order valence-corrected chi connectivity index (χ1v) is 3.41. The Labute approximate surface area is 60.7 Å². The third kappa shape index (κ3) is 3.45. The minimum absolute atomic E-state index is 0.256. The summed E-state index contributed by atoms with van der Waals surface area (Å²) in [4.78, 5) is 10.3. The molecule has 0 aromatic rings. The minimum Gasteiger partial charge on any atom is -0.481 e. The van der Waals surface area contributed by atoms with Crippen LogP contribution < -0.4 is 0 Å². The molecule has 0 amide bonds. The Morgan fingerprint density at radius 3 is 2.10 bits per heavy atom. The van der Waals surface area contributed by atoms with E-state index in [1.54, 1.807) is 0 Å². The fourth-order valence-electron chi connectivity index (χ4n) is 0.822. The number of carboxylic acids is 1. The van der Waals surface area contributed by atoms with E-state index in [2.05, 4.69) is 0 Å². The van der Waals surface area contributed by atoms with Crippen LogP contribution >= 0.6 is 0 Å². The Morgan fingerprint density at radius 1 is 1.50 bits per heavy atom. The van der Waals surface area contributed by atoms with Crippen molar-refractivity contribution in [3.8, 4) is 0 Å². The summed E-state index contributed by atoms with van der Waals surface area (Å²) in [6.07, 6.45) is 0.547. The average Bonchev–Trinajstić information content (AvgIpc) is 1.81. The molecule has 3 nitrogen and oxygen atoms in total. The van der Waals surface area contributed by atoms with Gasteiger partial charge in [0.1, 0.15) is 0 Å². The molecule has 0 rings (SSSR count). The number of aliphatic hydroxyl groups is 1. The molecule has 0 aromatic heterocycles. The summed E-state index contributed by atoms with van der Waals surface area (Å²) in [7, 11) is 0. The average molecular weight is 146 g/mol. The monoisotopic (exact) mass is 146 g/mol. The zero-order valence-electron chi connectivity index (χ0n) is 6.37. The van der Waals surface area contributed by atoms with E-state index in [1.165, 1.54) is 0 Å². The van der Waals surface area contributed by atoms with Crippen molar-refractivity contribution in [1.82, 2.24) is 0 Å². The number of carbonyl (C=O) groups is 1. The highest BCUT2D eigenvalue weighted by Crippen LogP contribution is 2.10. The van der Waals surface area contributed by atoms with Crippen molar-refractivity contribution in [3.05, 3.63) is 0 Å². The summed E-state index contributed by atoms with van der Waals surface area (Å²) in [5, 5.41) is 17.0. The molecule has 3 heteroatoms. The molecule has 0 aliphatic carbocycles. The second-order valence-electron chi connectivity index (χ2n) is 2.85. The van der Waals surface area contributed by atoms with Crippen LogP contribution in [-0.4, -0.2) is 22.8 Å². The number of aliphatic carboxylic acids is 1. The minimum atomic E-state index is -0.906. The van der Waals surface area contributed by atoms with Crippen molar-refractivity contribution in [2.75, 3.05) is 6.61 Å². The first kappa shape index (κ1) is 9.43. The van der Waals surface area contributed by atoms with Crippen LogP contribution in [-0.2, 0) is 4.79 Å². The smallest absolute Gasteiger partial charge is 0.308 e. The van der Waals surface area contributed by atoms with Crippen LogP contribution in [0.15, 0.2) is 0 Å². The predicted molar refractivity (Wildman–Crippen MR) is 37.7 cm³/mol. The van der Waals surface area contributed by atoms with Gasteiger partial charge in [0.2, 0.25) is 0 Å². The molecule has 1 atom stereocenters. The Balaban J connectivity index is 3.72. The second kappa shape index (κ2) is 4.28. The second-order valence-corrected chi connectivity index (χ2v) is 2.85. The summed E-state index contributed by atoms with van der Waals surface area (Å²) in [6, 6.07) is 0. The third-order valence-corrected chi connectivity index (χ3v) is 1.33. The van der Waals surface area contributed by atoms with Gasteiger partial charge in [0.05, 0.1) is 12.5 Å². The van der Waals surface area contributed by atoms with Crippen molar-refractivity contribution in [2.45, 2.75) is 20.3 Å². The van der Waals surface area contributed by atoms with Crippen LogP contribution in [0.5, 0.6) is 0 Å². The van der Waals surface area contributed by atoms with Crippen LogP contribution in [0.3, 0.4) is 0 Å². The molecule has 10 heavy (non-hydrogen) atoms. The lowest BCUT2D eigenvalue weighted by molar-refractivity contribution is -0.143. The summed E-state index contributed by atoms with van der Waals surface area (Å²) < 4.78 is 0. The maximum absolute atomic E-state index is 10.3. The number of rotatable bonds is 4. The zero-order chi connectivity index (χ0) is 8.15. The summed E-state index contributed by atoms with van der Waals surface area (Å²) >= 11 is 0. The summed E-state index contributed by atoms with van der Waals surface area (Å²) in [5.74, 6) is -1.16. The molecule has 0 aliphatic heterocycles. The molecular weight excluding hydrogens is 132 g/mol. The standard InChI is InChI=1S/C7H14O3/c1-5(2)3-6(4-8)7(9)10/h5-6,8H,3-4H2,1-2H3,(H,9,10)/t6-/m0/s1. The summed E-state index contributed by atoms with van der Waals surface area (Å²) in [5.41, 5.74) is 0. The van der Waals surface area contributed by atoms with Crippen molar-refractivity contribution in [3.63, 3.8) is 0 Å². The van der Waals surface area contributed by atoms with E-state index < -0.39 is 11.9 Å². The number of hydrogen-bond donors (Lipinski definition) is 2. The van der Waals surface area contributed by atoms with Crippen LogP contribution in [0.2, 0.25) is 0 Å². The van der Waals surface area contributed by atoms with Gasteiger partial charge >= 0.3 is 5.97 Å². The van der Waals surface area contributed by atoms with Crippen molar-refractivity contribution in [1.29, 1.82) is 0 Å². The van der Waals surface area contributed by atoms with Gasteiger partial charge in [0, 0.05) is 0 Å². The topological polar surface area (TPSA) is 57.5 Å². The molecule has 0 fully saturated rings. The Kier molecular flexibility index (Phi) is 4.03. The largest absolute Gasteiger partial charge is 0.481 e. The third-order valence-electron chi connectivity index (χ3n) is 1.33. The highest BCUT2D eigenvalue weighted by atomic mass is 16.4. The maximum atomic E-state index is 10.3. The maximum Gasteiger partial charge on any atom is 0.308 e. The predicted octanol–water partition coefficient (Wildman–Crippen LogP) is 0.726. The Morgan fingerprint density at radius 2 is 2.00 bits per heavy atom. The van der Waals surface area contributed by atoms with Gasteiger partial charge in [-0.3, -0.25) is 4.79 Å². The molecule has 0 radical (unpaired) electrons. The van der Waals surface area contributed by atoms with Crippen molar-refractivity contribution < 1.29 is 15.0 Å². The highest BCUT2D eigenvalue weighted by Gasteiger charge is 2.16. The lowest BCUT2D eigenvalue weighted by Crippen LogP contribution is -2.19. The number of aliphatic hydroxyl groups excluding tert-OH is 1. The van der Waals surface area contributed by atoms with E-state index in [-0.39, 0.29) is 6.61 Å². The van der Waals surface area contributed by atoms with Crippen molar-refractivity contribution >= 4 is 5.97 Å². The van der Waals surface area contributed by atoms with E-state index in [4.69, 9.17) is 10.2 Å². The van der Waals surface area contributed by atoms with Crippen molar-refractivity contribution in [2.24, 2.45) is 11.8 Å². The molecule has 0 aliphatic rings. The van der Waals surface area contributed by atoms with Gasteiger partial charge in [-0.15, -0.1) is 0 Å². The lowest BCUT2D eigenvalue weighted by atomic mass is 9.98. The zero-order valence-corrected chi connectivity index (χ0v) is 6.37. The normalized spacial score (nSPS) is 13.6. The molecule has 0 bridgehead atoms. The van der Waals surface area contributed by atoms with Gasteiger partial charge in [0.25, 0.3) is 0 Å². The Bertz CT molecular complexity index is 109. The van der Waals surface area contributed by atoms with Gasteiger partial charge in [0.15, 0.2) is 0 Å². The molecule has 2 N–H and O–H groups in total. The van der Waals surface area contributed by atoms with E-state index in [1.807, 2.05) is 13.8 Å². The lowest BCUT2D eigenvalue weighted by Gasteiger charge is -2.10. The molecule has 0 heterocycles. The molecule has 0 saturated carbocycles. The van der Waals surface area contributed by atoms with Crippen LogP contribution in [0, 0.1) is 11.8 Å². The Hall–Kier alpha value is -0.570. The fourth-order valence-corrected chi connectivity index (χ4v) is 0.822. The van der Waals surface area contributed by atoms with Gasteiger partial charge in [-0.25, -0.2) is 0 Å². The molecule has 0 spiro atoms.